The van der Waals surface area contributed by atoms with Crippen molar-refractivity contribution in [3.63, 3.8) is 0 Å². The van der Waals surface area contributed by atoms with Crippen molar-refractivity contribution in [2.45, 2.75) is 23.5 Å². The molecule has 0 aliphatic heterocycles. The van der Waals surface area contributed by atoms with Gasteiger partial charge in [0.15, 0.2) is 0 Å². The molecule has 76 valence electrons. The van der Waals surface area contributed by atoms with Gasteiger partial charge in [0, 0.05) is 4.90 Å². The van der Waals surface area contributed by atoms with Crippen LogP contribution in [0.4, 0.5) is 0 Å². The van der Waals surface area contributed by atoms with E-state index < -0.39 is 11.2 Å². The highest BCUT2D eigenvalue weighted by atomic mass is 32.2. The van der Waals surface area contributed by atoms with Crippen molar-refractivity contribution in [2.24, 2.45) is 0 Å². The Morgan fingerprint density at radius 1 is 1.57 bits per heavy atom. The van der Waals surface area contributed by atoms with E-state index in [9.17, 15) is 9.90 Å². The Balaban J connectivity index is 2.72. The zero-order chi connectivity index (χ0) is 10.6. The first-order chi connectivity index (χ1) is 6.63. The molecule has 1 aromatic rings. The van der Waals surface area contributed by atoms with E-state index in [0.29, 0.717) is 6.42 Å². The molecule has 3 nitrogen and oxygen atoms in total. The molecule has 0 aliphatic carbocycles. The van der Waals surface area contributed by atoms with Crippen LogP contribution >= 0.6 is 11.8 Å². The van der Waals surface area contributed by atoms with Crippen LogP contribution in [0.5, 0.6) is 5.75 Å². The SMILES string of the molecule is CCC(Sc1cccc(O)c1)C(=O)O. The predicted octanol–water partition coefficient (Wildman–Crippen LogP) is 2.35. The lowest BCUT2D eigenvalue weighted by molar-refractivity contribution is -0.136. The van der Waals surface area contributed by atoms with E-state index in [1.807, 2.05) is 6.92 Å². The third-order valence-electron chi connectivity index (χ3n) is 1.74. The summed E-state index contributed by atoms with van der Waals surface area (Å²) in [6.07, 6.45) is 0.565. The molecule has 2 N–H and O–H groups in total. The zero-order valence-corrected chi connectivity index (χ0v) is 8.62. The average Bonchev–Trinajstić information content (AvgIpc) is 2.14. The van der Waals surface area contributed by atoms with E-state index in [4.69, 9.17) is 5.11 Å². The van der Waals surface area contributed by atoms with E-state index in [0.717, 1.165) is 4.90 Å². The number of benzene rings is 1. The zero-order valence-electron chi connectivity index (χ0n) is 7.80. The molecule has 0 amide bonds. The number of hydrogen-bond donors (Lipinski definition) is 2. The van der Waals surface area contributed by atoms with E-state index in [1.54, 1.807) is 24.3 Å². The number of carboxylic acids is 1. The largest absolute Gasteiger partial charge is 0.508 e. The second kappa shape index (κ2) is 4.91. The highest BCUT2D eigenvalue weighted by molar-refractivity contribution is 8.00. The normalized spacial score (nSPS) is 12.4. The van der Waals surface area contributed by atoms with E-state index in [2.05, 4.69) is 0 Å². The first-order valence-electron chi connectivity index (χ1n) is 4.32. The molecule has 0 heterocycles. The van der Waals surface area contributed by atoms with Gasteiger partial charge in [-0.25, -0.2) is 0 Å². The van der Waals surface area contributed by atoms with Crippen molar-refractivity contribution in [3.8, 4) is 5.75 Å². The minimum absolute atomic E-state index is 0.162. The number of phenols is 1. The van der Waals surface area contributed by atoms with Crippen LogP contribution in [0, 0.1) is 0 Å². The first kappa shape index (κ1) is 10.9. The molecule has 0 aromatic heterocycles. The molecule has 0 bridgehead atoms. The Morgan fingerprint density at radius 3 is 2.79 bits per heavy atom. The fourth-order valence-corrected chi connectivity index (χ4v) is 1.97. The maximum Gasteiger partial charge on any atom is 0.316 e. The topological polar surface area (TPSA) is 57.5 Å². The second-order valence-corrected chi connectivity index (χ2v) is 4.13. The molecule has 1 atom stereocenters. The number of carbonyl (C=O) groups is 1. The standard InChI is InChI=1S/C10H12O3S/c1-2-9(10(12)13)14-8-5-3-4-7(11)6-8/h3-6,9,11H,2H2,1H3,(H,12,13). The second-order valence-electron chi connectivity index (χ2n) is 2.85. The van der Waals surface area contributed by atoms with Gasteiger partial charge in [0.05, 0.1) is 0 Å². The van der Waals surface area contributed by atoms with Crippen LogP contribution in [-0.2, 0) is 4.79 Å². The van der Waals surface area contributed by atoms with Crippen molar-refractivity contribution >= 4 is 17.7 Å². The third-order valence-corrected chi connectivity index (χ3v) is 3.09. The lowest BCUT2D eigenvalue weighted by Gasteiger charge is -2.08. The van der Waals surface area contributed by atoms with Gasteiger partial charge < -0.3 is 10.2 Å². The number of thioether (sulfide) groups is 1. The Hall–Kier alpha value is -1.16. The quantitative estimate of drug-likeness (QED) is 0.752. The van der Waals surface area contributed by atoms with Gasteiger partial charge >= 0.3 is 5.97 Å². The fourth-order valence-electron chi connectivity index (χ4n) is 1.03. The van der Waals surface area contributed by atoms with Gasteiger partial charge in [-0.05, 0) is 24.6 Å². The summed E-state index contributed by atoms with van der Waals surface area (Å²) < 4.78 is 0. The molecular weight excluding hydrogens is 200 g/mol. The summed E-state index contributed by atoms with van der Waals surface area (Å²) in [7, 11) is 0. The van der Waals surface area contributed by atoms with Crippen LogP contribution < -0.4 is 0 Å². The summed E-state index contributed by atoms with van der Waals surface area (Å²) in [4.78, 5) is 11.5. The molecule has 1 rings (SSSR count). The lowest BCUT2D eigenvalue weighted by Crippen LogP contribution is -2.14. The monoisotopic (exact) mass is 212 g/mol. The Bertz CT molecular complexity index is 325. The number of aromatic hydroxyl groups is 1. The van der Waals surface area contributed by atoms with E-state index in [1.165, 1.54) is 11.8 Å². The molecule has 0 radical (unpaired) electrons. The van der Waals surface area contributed by atoms with Crippen LogP contribution in [-0.4, -0.2) is 21.4 Å². The van der Waals surface area contributed by atoms with Gasteiger partial charge in [0.25, 0.3) is 0 Å². The summed E-state index contributed by atoms with van der Waals surface area (Å²) in [6, 6.07) is 6.62. The van der Waals surface area contributed by atoms with Gasteiger partial charge in [-0.1, -0.05) is 13.0 Å². The molecule has 1 unspecified atom stereocenters. The molecule has 0 aliphatic rings. The number of phenolic OH excluding ortho intramolecular Hbond substituents is 1. The molecule has 0 fully saturated rings. The molecule has 0 saturated carbocycles. The van der Waals surface area contributed by atoms with Crippen molar-refractivity contribution in [3.05, 3.63) is 24.3 Å². The number of aliphatic carboxylic acids is 1. The average molecular weight is 212 g/mol. The summed E-state index contributed by atoms with van der Waals surface area (Å²) in [6.45, 7) is 1.83. The van der Waals surface area contributed by atoms with Crippen LogP contribution in [0.3, 0.4) is 0 Å². The molecule has 0 spiro atoms. The maximum absolute atomic E-state index is 10.7. The fraction of sp³-hybridized carbons (Fsp3) is 0.300. The number of rotatable bonds is 4. The van der Waals surface area contributed by atoms with E-state index >= 15 is 0 Å². The third kappa shape index (κ3) is 2.96. The molecule has 4 heteroatoms. The summed E-state index contributed by atoms with van der Waals surface area (Å²) >= 11 is 1.25. The van der Waals surface area contributed by atoms with E-state index in [-0.39, 0.29) is 5.75 Å². The van der Waals surface area contributed by atoms with Crippen molar-refractivity contribution < 1.29 is 15.0 Å². The van der Waals surface area contributed by atoms with Crippen LogP contribution in [0.2, 0.25) is 0 Å². The predicted molar refractivity (Wildman–Crippen MR) is 55.7 cm³/mol. The van der Waals surface area contributed by atoms with Crippen LogP contribution in [0.1, 0.15) is 13.3 Å². The summed E-state index contributed by atoms with van der Waals surface area (Å²) in [5.74, 6) is -0.656. The van der Waals surface area contributed by atoms with Gasteiger partial charge in [0.2, 0.25) is 0 Å². The molecule has 0 saturated heterocycles. The lowest BCUT2D eigenvalue weighted by atomic mass is 10.3. The Kier molecular flexibility index (Phi) is 3.83. The van der Waals surface area contributed by atoms with Gasteiger partial charge in [0.1, 0.15) is 11.0 Å². The summed E-state index contributed by atoms with van der Waals surface area (Å²) in [5.41, 5.74) is 0. The molecular formula is C10H12O3S. The van der Waals surface area contributed by atoms with Crippen molar-refractivity contribution in [1.82, 2.24) is 0 Å². The first-order valence-corrected chi connectivity index (χ1v) is 5.20. The maximum atomic E-state index is 10.7. The number of carboxylic acid groups (broad SMARTS) is 1. The van der Waals surface area contributed by atoms with Crippen LogP contribution in [0.25, 0.3) is 0 Å². The minimum Gasteiger partial charge on any atom is -0.508 e. The van der Waals surface area contributed by atoms with Gasteiger partial charge in [-0.2, -0.15) is 0 Å². The Morgan fingerprint density at radius 2 is 2.29 bits per heavy atom. The Labute approximate surface area is 86.8 Å². The van der Waals surface area contributed by atoms with Crippen molar-refractivity contribution in [2.75, 3.05) is 0 Å². The number of hydrogen-bond acceptors (Lipinski definition) is 3. The smallest absolute Gasteiger partial charge is 0.316 e. The molecule has 14 heavy (non-hydrogen) atoms. The highest BCUT2D eigenvalue weighted by Gasteiger charge is 2.16. The minimum atomic E-state index is -0.819. The van der Waals surface area contributed by atoms with Crippen molar-refractivity contribution in [1.29, 1.82) is 0 Å². The highest BCUT2D eigenvalue weighted by Crippen LogP contribution is 2.27. The van der Waals surface area contributed by atoms with Gasteiger partial charge in [-0.15, -0.1) is 11.8 Å². The van der Waals surface area contributed by atoms with Gasteiger partial charge in [-0.3, -0.25) is 4.79 Å². The van der Waals surface area contributed by atoms with Crippen LogP contribution in [0.15, 0.2) is 29.2 Å². The summed E-state index contributed by atoms with van der Waals surface area (Å²) in [5, 5.41) is 17.5. The molecule has 1 aromatic carbocycles.